The minimum atomic E-state index is -5.00. The molecule has 12 heteroatoms. The molecule has 0 saturated carbocycles. The van der Waals surface area contributed by atoms with Gasteiger partial charge in [-0.2, -0.15) is 26.3 Å². The summed E-state index contributed by atoms with van der Waals surface area (Å²) in [6, 6.07) is 11.2. The molecule has 2 aromatic carbocycles. The lowest BCUT2D eigenvalue weighted by Gasteiger charge is -2.14. The molecule has 0 aliphatic carbocycles. The molecule has 0 spiro atoms. The van der Waals surface area contributed by atoms with Crippen molar-refractivity contribution < 1.29 is 35.9 Å². The quantitative estimate of drug-likeness (QED) is 0.346. The fourth-order valence-electron chi connectivity index (χ4n) is 2.68. The molecule has 0 bridgehead atoms. The van der Waals surface area contributed by atoms with Crippen LogP contribution in [-0.2, 0) is 17.1 Å². The number of amides is 1. The predicted octanol–water partition coefficient (Wildman–Crippen LogP) is 5.92. The topological polar surface area (TPSA) is 64.1 Å². The van der Waals surface area contributed by atoms with Crippen molar-refractivity contribution in [1.29, 1.82) is 0 Å². The van der Waals surface area contributed by atoms with Gasteiger partial charge in [0, 0.05) is 11.3 Å². The number of hydrogen-bond acceptors (Lipinski definition) is 5. The molecule has 3 aromatic rings. The molecular weight excluding hydrogens is 472 g/mol. The molecule has 1 N–H and O–H groups in total. The van der Waals surface area contributed by atoms with Crippen LogP contribution in [0.25, 0.3) is 11.3 Å². The fraction of sp³-hybridized carbons (Fsp3) is 0.190. The third-order valence-corrected chi connectivity index (χ3v) is 5.17. The zero-order valence-corrected chi connectivity index (χ0v) is 17.6. The van der Waals surface area contributed by atoms with E-state index in [9.17, 15) is 31.1 Å². The number of rotatable bonds is 6. The van der Waals surface area contributed by atoms with Crippen molar-refractivity contribution in [3.8, 4) is 17.0 Å². The van der Waals surface area contributed by atoms with Gasteiger partial charge in [0.1, 0.15) is 10.8 Å². The fourth-order valence-corrected chi connectivity index (χ4v) is 3.29. The third kappa shape index (κ3) is 6.60. The van der Waals surface area contributed by atoms with Crippen molar-refractivity contribution in [3.63, 3.8) is 0 Å². The van der Waals surface area contributed by atoms with Crippen LogP contribution in [-0.4, -0.2) is 29.0 Å². The van der Waals surface area contributed by atoms with Gasteiger partial charge in [-0.1, -0.05) is 11.8 Å². The van der Waals surface area contributed by atoms with E-state index in [0.29, 0.717) is 28.6 Å². The van der Waals surface area contributed by atoms with E-state index in [0.717, 1.165) is 17.3 Å². The zero-order valence-electron chi connectivity index (χ0n) is 16.8. The van der Waals surface area contributed by atoms with Gasteiger partial charge < -0.3 is 10.1 Å². The van der Waals surface area contributed by atoms with E-state index in [-0.39, 0.29) is 11.8 Å². The first-order valence-electron chi connectivity index (χ1n) is 9.16. The highest BCUT2D eigenvalue weighted by atomic mass is 32.2. The molecular formula is C21H15F6N3O2S. The number of benzene rings is 2. The molecule has 1 amide bonds. The van der Waals surface area contributed by atoms with Crippen molar-refractivity contribution in [3.05, 3.63) is 65.7 Å². The first-order chi connectivity index (χ1) is 15.5. The van der Waals surface area contributed by atoms with Crippen LogP contribution in [0.1, 0.15) is 11.1 Å². The summed E-state index contributed by atoms with van der Waals surface area (Å²) in [4.78, 5) is 12.1. The number of thioether (sulfide) groups is 1. The van der Waals surface area contributed by atoms with Gasteiger partial charge >= 0.3 is 12.4 Å². The van der Waals surface area contributed by atoms with Crippen molar-refractivity contribution in [1.82, 2.24) is 10.2 Å². The van der Waals surface area contributed by atoms with E-state index < -0.39 is 35.1 Å². The number of nitrogens with zero attached hydrogens (tertiary/aromatic N) is 2. The Morgan fingerprint density at radius 1 is 0.909 bits per heavy atom. The van der Waals surface area contributed by atoms with Crippen molar-refractivity contribution in [2.24, 2.45) is 0 Å². The van der Waals surface area contributed by atoms with Gasteiger partial charge in [-0.15, -0.1) is 10.2 Å². The van der Waals surface area contributed by atoms with E-state index >= 15 is 0 Å². The van der Waals surface area contributed by atoms with Gasteiger partial charge in [0.2, 0.25) is 5.91 Å². The predicted molar refractivity (Wildman–Crippen MR) is 110 cm³/mol. The number of alkyl halides is 6. The van der Waals surface area contributed by atoms with Crippen LogP contribution in [0.15, 0.2) is 59.6 Å². The molecule has 5 nitrogen and oxygen atoms in total. The summed E-state index contributed by atoms with van der Waals surface area (Å²) in [6.07, 6.45) is -10.0. The Hall–Kier alpha value is -3.28. The average molecular weight is 487 g/mol. The van der Waals surface area contributed by atoms with Gasteiger partial charge in [-0.05, 0) is 54.6 Å². The molecule has 0 saturated heterocycles. The first-order valence-corrected chi connectivity index (χ1v) is 10.1. The molecule has 174 valence electrons. The summed E-state index contributed by atoms with van der Waals surface area (Å²) < 4.78 is 82.7. The highest BCUT2D eigenvalue weighted by Crippen LogP contribution is 2.37. The number of carbonyl (C=O) groups excluding carboxylic acids is 1. The van der Waals surface area contributed by atoms with Crippen molar-refractivity contribution in [2.45, 2.75) is 17.4 Å². The highest BCUT2D eigenvalue weighted by molar-refractivity contribution is 7.99. The van der Waals surface area contributed by atoms with Gasteiger partial charge in [0.25, 0.3) is 0 Å². The molecule has 1 aromatic heterocycles. The minimum Gasteiger partial charge on any atom is -0.497 e. The number of carbonyl (C=O) groups is 1. The maximum absolute atomic E-state index is 12.9. The van der Waals surface area contributed by atoms with Crippen LogP contribution in [0.4, 0.5) is 32.0 Å². The maximum atomic E-state index is 12.9. The normalized spacial score (nSPS) is 11.8. The highest BCUT2D eigenvalue weighted by Gasteiger charge is 2.37. The summed E-state index contributed by atoms with van der Waals surface area (Å²) in [6.45, 7) is 0. The monoisotopic (exact) mass is 487 g/mol. The van der Waals surface area contributed by atoms with Crippen molar-refractivity contribution >= 4 is 23.4 Å². The van der Waals surface area contributed by atoms with E-state index in [1.807, 2.05) is 0 Å². The van der Waals surface area contributed by atoms with Crippen LogP contribution in [0, 0.1) is 0 Å². The van der Waals surface area contributed by atoms with Crippen molar-refractivity contribution in [2.75, 3.05) is 18.2 Å². The Labute approximate surface area is 188 Å². The Kier molecular flexibility index (Phi) is 7.15. The van der Waals surface area contributed by atoms with E-state index in [1.54, 1.807) is 43.5 Å². The molecule has 0 aliphatic heterocycles. The maximum Gasteiger partial charge on any atom is 0.416 e. The Bertz CT molecular complexity index is 1080. The summed E-state index contributed by atoms with van der Waals surface area (Å²) in [5, 5.41) is 10.4. The minimum absolute atomic E-state index is 0.00956. The second-order valence-electron chi connectivity index (χ2n) is 6.62. The van der Waals surface area contributed by atoms with Gasteiger partial charge in [-0.3, -0.25) is 4.79 Å². The average Bonchev–Trinajstić information content (AvgIpc) is 2.77. The summed E-state index contributed by atoms with van der Waals surface area (Å²) in [7, 11) is 1.54. The summed E-state index contributed by atoms with van der Waals surface area (Å²) in [5.41, 5.74) is -2.29. The molecule has 0 aliphatic rings. The van der Waals surface area contributed by atoms with Gasteiger partial charge in [0.15, 0.2) is 0 Å². The van der Waals surface area contributed by atoms with Crippen LogP contribution < -0.4 is 10.1 Å². The number of halogens is 6. The number of ether oxygens (including phenoxy) is 1. The lowest BCUT2D eigenvalue weighted by molar-refractivity contribution is -0.143. The third-order valence-electron chi connectivity index (χ3n) is 4.25. The Balaban J connectivity index is 1.65. The number of aromatic nitrogens is 2. The zero-order chi connectivity index (χ0) is 24.2. The first kappa shape index (κ1) is 24.4. The second kappa shape index (κ2) is 9.69. The van der Waals surface area contributed by atoms with Gasteiger partial charge in [-0.25, -0.2) is 0 Å². The molecule has 0 unspecified atom stereocenters. The number of anilines is 1. The van der Waals surface area contributed by atoms with Crippen LogP contribution in [0.5, 0.6) is 5.75 Å². The van der Waals surface area contributed by atoms with Crippen LogP contribution >= 0.6 is 11.8 Å². The molecule has 1 heterocycles. The summed E-state index contributed by atoms with van der Waals surface area (Å²) in [5.74, 6) is -0.421. The lowest BCUT2D eigenvalue weighted by atomic mass is 10.1. The largest absolute Gasteiger partial charge is 0.497 e. The molecule has 0 radical (unpaired) electrons. The molecule has 3 rings (SSSR count). The smallest absolute Gasteiger partial charge is 0.416 e. The summed E-state index contributed by atoms with van der Waals surface area (Å²) >= 11 is 0.927. The van der Waals surface area contributed by atoms with Crippen LogP contribution in [0.2, 0.25) is 0 Å². The number of hydrogen-bond donors (Lipinski definition) is 1. The number of methoxy groups -OCH3 is 1. The van der Waals surface area contributed by atoms with E-state index in [2.05, 4.69) is 15.5 Å². The standard InChI is InChI=1S/C21H15F6N3O2S/c1-32-16-4-2-12(3-5-16)17-6-7-19(30-29-17)33-11-18(31)28-15-9-13(20(22,23)24)8-14(10-15)21(25,26)27/h2-10H,11H2,1H3,(H,28,31). The van der Waals surface area contributed by atoms with Gasteiger partial charge in [0.05, 0.1) is 29.7 Å². The SMILES string of the molecule is COc1ccc(-c2ccc(SCC(=O)Nc3cc(C(F)(F)F)cc(C(F)(F)F)c3)nn2)cc1. The Morgan fingerprint density at radius 3 is 2.00 bits per heavy atom. The molecule has 33 heavy (non-hydrogen) atoms. The van der Waals surface area contributed by atoms with E-state index in [1.165, 1.54) is 0 Å². The molecule has 0 fully saturated rings. The second-order valence-corrected chi connectivity index (χ2v) is 7.61. The number of nitrogens with one attached hydrogen (secondary N) is 1. The Morgan fingerprint density at radius 2 is 1.52 bits per heavy atom. The lowest BCUT2D eigenvalue weighted by Crippen LogP contribution is -2.17. The van der Waals surface area contributed by atoms with E-state index in [4.69, 9.17) is 4.74 Å². The van der Waals surface area contributed by atoms with Crippen LogP contribution in [0.3, 0.4) is 0 Å². The molecule has 0 atom stereocenters.